The Labute approximate surface area is 342 Å². The van der Waals surface area contributed by atoms with Crippen molar-refractivity contribution in [3.63, 3.8) is 0 Å². The van der Waals surface area contributed by atoms with Crippen LogP contribution in [0.5, 0.6) is 0 Å². The zero-order chi connectivity index (χ0) is 40.9. The molecule has 2 nitrogen and oxygen atoms in total. The average molecular weight is 769 g/mol. The van der Waals surface area contributed by atoms with Crippen molar-refractivity contribution >= 4 is 31.4 Å². The molecule has 2 heterocycles. The topological polar surface area (TPSA) is 26.3 Å². The van der Waals surface area contributed by atoms with Crippen LogP contribution in [0.15, 0.2) is 93.8 Å². The summed E-state index contributed by atoms with van der Waals surface area (Å²) in [6.45, 7) is 32.3. The first kappa shape index (κ1) is 39.0. The van der Waals surface area contributed by atoms with Gasteiger partial charge in [-0.3, -0.25) is 0 Å². The highest BCUT2D eigenvalue weighted by Gasteiger charge is 2.51. The minimum absolute atomic E-state index is 0.0875. The fourth-order valence-electron chi connectivity index (χ4n) is 10.0. The number of furan rings is 2. The Balaban J connectivity index is 1.35. The second kappa shape index (κ2) is 13.6. The Morgan fingerprint density at radius 3 is 1.16 bits per heavy atom. The molecule has 4 aromatic carbocycles. The fraction of sp³-hybridized carbons (Fsp3) is 0.333. The normalized spacial score (nSPS) is 16.8. The lowest BCUT2D eigenvalue weighted by Gasteiger charge is -2.39. The minimum atomic E-state index is -2.45. The van der Waals surface area contributed by atoms with Crippen molar-refractivity contribution in [3.8, 4) is 22.3 Å². The first-order valence-electron chi connectivity index (χ1n) is 20.8. The summed E-state index contributed by atoms with van der Waals surface area (Å²) in [5.41, 5.74) is 21.9. The molecule has 0 bridgehead atoms. The molecule has 2 aromatic heterocycles. The molecular weight excluding hydrogens is 709 g/mol. The number of benzene rings is 4. The first-order valence-corrected chi connectivity index (χ1v) is 24.0. The van der Waals surface area contributed by atoms with Crippen LogP contribution in [0, 0.1) is 41.5 Å². The second-order valence-corrected chi connectivity index (χ2v) is 24.6. The lowest BCUT2D eigenvalue weighted by atomic mass is 9.83. The van der Waals surface area contributed by atoms with E-state index in [1.807, 2.05) is 0 Å². The summed E-state index contributed by atoms with van der Waals surface area (Å²) in [4.78, 5) is 0. The van der Waals surface area contributed by atoms with Crippen LogP contribution in [0.25, 0.3) is 45.6 Å². The molecule has 0 amide bonds. The SMILES string of the molecule is Cc1ccc(C2=Cc3c(ccc(C)c3-c3ccc(C(C)(C)C)cc3C)C2[Si](C)(C)C2C(c3ccc(C)o3)=Cc3c2ccc(C)c3-c2ccc(C(C)(C)C)cc2C)o1. The van der Waals surface area contributed by atoms with Gasteiger partial charge in [0.25, 0.3) is 0 Å². The van der Waals surface area contributed by atoms with Crippen molar-refractivity contribution in [3.05, 3.63) is 164 Å². The van der Waals surface area contributed by atoms with Gasteiger partial charge in [0, 0.05) is 22.2 Å². The summed E-state index contributed by atoms with van der Waals surface area (Å²) in [7, 11) is -2.45. The van der Waals surface area contributed by atoms with Gasteiger partial charge in [0.15, 0.2) is 0 Å². The van der Waals surface area contributed by atoms with Crippen LogP contribution in [0.2, 0.25) is 13.1 Å². The molecular formula is C54H60O2Si. The number of rotatable bonds is 6. The number of hydrogen-bond donors (Lipinski definition) is 0. The molecule has 0 radical (unpaired) electrons. The Bertz CT molecular complexity index is 2460. The van der Waals surface area contributed by atoms with Crippen LogP contribution in [0.4, 0.5) is 0 Å². The zero-order valence-corrected chi connectivity index (χ0v) is 37.7. The van der Waals surface area contributed by atoms with Crippen LogP contribution in [0.1, 0.15) is 131 Å². The van der Waals surface area contributed by atoms with Gasteiger partial charge in [0.1, 0.15) is 23.0 Å². The third-order valence-electron chi connectivity index (χ3n) is 13.1. The number of aryl methyl sites for hydroxylation is 6. The van der Waals surface area contributed by atoms with Crippen molar-refractivity contribution in [2.24, 2.45) is 0 Å². The van der Waals surface area contributed by atoms with Gasteiger partial charge in [-0.25, -0.2) is 0 Å². The predicted molar refractivity (Wildman–Crippen MR) is 246 cm³/mol. The second-order valence-electron chi connectivity index (χ2n) is 19.8. The molecule has 0 aliphatic heterocycles. The van der Waals surface area contributed by atoms with Crippen LogP contribution >= 0.6 is 0 Å². The highest BCUT2D eigenvalue weighted by atomic mass is 28.3. The maximum atomic E-state index is 6.58. The van der Waals surface area contributed by atoms with Crippen molar-refractivity contribution in [2.75, 3.05) is 0 Å². The fourth-order valence-corrected chi connectivity index (χ4v) is 14.5. The molecule has 0 spiro atoms. The Morgan fingerprint density at radius 2 is 0.842 bits per heavy atom. The maximum absolute atomic E-state index is 6.58. The Kier molecular flexibility index (Phi) is 9.32. The van der Waals surface area contributed by atoms with E-state index >= 15 is 0 Å². The lowest BCUT2D eigenvalue weighted by Crippen LogP contribution is -2.42. The van der Waals surface area contributed by atoms with E-state index < -0.39 is 8.07 Å². The van der Waals surface area contributed by atoms with Crippen LogP contribution in [-0.4, -0.2) is 8.07 Å². The molecule has 292 valence electrons. The highest BCUT2D eigenvalue weighted by Crippen LogP contribution is 2.59. The standard InChI is InChI=1S/C54H60O2Si/c1-31-15-21-41-43(49(31)39-23-19-37(27-33(39)3)53(7,8)9)29-45(47-25-17-35(5)55-47)51(41)57(13,14)52-42-22-16-32(2)50(40-24-20-38(28-34(40)4)54(10,11)12)44(42)30-46(52)48-26-18-36(6)56-48/h15-30,51-52H,1-14H3. The summed E-state index contributed by atoms with van der Waals surface area (Å²) >= 11 is 0. The molecule has 3 heteroatoms. The van der Waals surface area contributed by atoms with E-state index in [1.165, 1.54) is 89.0 Å². The lowest BCUT2D eigenvalue weighted by molar-refractivity contribution is 0.519. The third kappa shape index (κ3) is 6.57. The molecule has 6 aromatic rings. The van der Waals surface area contributed by atoms with Crippen molar-refractivity contribution in [1.29, 1.82) is 0 Å². The molecule has 2 unspecified atom stereocenters. The van der Waals surface area contributed by atoms with E-state index in [0.717, 1.165) is 23.0 Å². The molecule has 2 atom stereocenters. The Hall–Kier alpha value is -4.86. The van der Waals surface area contributed by atoms with E-state index in [1.54, 1.807) is 0 Å². The molecule has 8 rings (SSSR count). The zero-order valence-electron chi connectivity index (χ0n) is 36.7. The molecule has 0 saturated carbocycles. The summed E-state index contributed by atoms with van der Waals surface area (Å²) < 4.78 is 13.2. The summed E-state index contributed by atoms with van der Waals surface area (Å²) in [6, 6.07) is 32.4. The van der Waals surface area contributed by atoms with Gasteiger partial charge < -0.3 is 8.83 Å². The van der Waals surface area contributed by atoms with E-state index in [2.05, 4.69) is 193 Å². The molecule has 57 heavy (non-hydrogen) atoms. The minimum Gasteiger partial charge on any atom is -0.462 e. The van der Waals surface area contributed by atoms with Gasteiger partial charge in [-0.05, 0) is 167 Å². The third-order valence-corrected chi connectivity index (χ3v) is 17.3. The highest BCUT2D eigenvalue weighted by molar-refractivity contribution is 6.84. The maximum Gasteiger partial charge on any atom is 0.130 e. The number of hydrogen-bond acceptors (Lipinski definition) is 2. The van der Waals surface area contributed by atoms with Gasteiger partial charge >= 0.3 is 0 Å². The van der Waals surface area contributed by atoms with Gasteiger partial charge in [-0.1, -0.05) is 115 Å². The molecule has 0 saturated heterocycles. The van der Waals surface area contributed by atoms with E-state index in [9.17, 15) is 0 Å². The van der Waals surface area contributed by atoms with Gasteiger partial charge in [-0.2, -0.15) is 0 Å². The van der Waals surface area contributed by atoms with Crippen molar-refractivity contribution in [1.82, 2.24) is 0 Å². The van der Waals surface area contributed by atoms with Crippen molar-refractivity contribution in [2.45, 2.75) is 118 Å². The Morgan fingerprint density at radius 1 is 0.456 bits per heavy atom. The smallest absolute Gasteiger partial charge is 0.130 e. The first-order chi connectivity index (χ1) is 26.8. The molecule has 0 N–H and O–H groups in total. The largest absolute Gasteiger partial charge is 0.462 e. The molecule has 2 aliphatic carbocycles. The van der Waals surface area contributed by atoms with Crippen LogP contribution in [-0.2, 0) is 10.8 Å². The number of fused-ring (bicyclic) bond motifs is 2. The van der Waals surface area contributed by atoms with E-state index in [-0.39, 0.29) is 21.9 Å². The van der Waals surface area contributed by atoms with Crippen molar-refractivity contribution < 1.29 is 8.83 Å². The van der Waals surface area contributed by atoms with Gasteiger partial charge in [-0.15, -0.1) is 0 Å². The summed E-state index contributed by atoms with van der Waals surface area (Å²) in [6.07, 6.45) is 4.98. The van der Waals surface area contributed by atoms with E-state index in [0.29, 0.717) is 0 Å². The molecule has 0 fully saturated rings. The molecule has 2 aliphatic rings. The van der Waals surface area contributed by atoms with Crippen LogP contribution in [0.3, 0.4) is 0 Å². The number of allylic oxidation sites excluding steroid dienone is 2. The van der Waals surface area contributed by atoms with E-state index in [4.69, 9.17) is 8.83 Å². The van der Waals surface area contributed by atoms with Gasteiger partial charge in [0.2, 0.25) is 0 Å². The summed E-state index contributed by atoms with van der Waals surface area (Å²) in [5.74, 6) is 3.84. The van der Waals surface area contributed by atoms with Crippen LogP contribution < -0.4 is 0 Å². The summed E-state index contributed by atoms with van der Waals surface area (Å²) in [5, 5.41) is 0. The quantitative estimate of drug-likeness (QED) is 0.158. The average Bonchev–Trinajstić information content (AvgIpc) is 3.93. The monoisotopic (exact) mass is 768 g/mol. The predicted octanol–water partition coefficient (Wildman–Crippen LogP) is 15.4. The van der Waals surface area contributed by atoms with Gasteiger partial charge in [0.05, 0.1) is 8.07 Å².